The van der Waals surface area contributed by atoms with E-state index in [4.69, 9.17) is 22.6 Å². The molecule has 3 nitrogen and oxygen atoms in total. The largest absolute Gasteiger partial charge is 0.399 e. The molecule has 4 heteroatoms. The molecule has 20 heavy (non-hydrogen) atoms. The number of halogens is 1. The van der Waals surface area contributed by atoms with Gasteiger partial charge in [-0.05, 0) is 42.8 Å². The molecule has 0 saturated carbocycles. The zero-order valence-corrected chi connectivity index (χ0v) is 12.1. The predicted octanol–water partition coefficient (Wildman–Crippen LogP) is 3.82. The van der Waals surface area contributed by atoms with Gasteiger partial charge >= 0.3 is 0 Å². The molecule has 0 aliphatic rings. The van der Waals surface area contributed by atoms with Crippen molar-refractivity contribution in [3.8, 4) is 6.07 Å². The van der Waals surface area contributed by atoms with E-state index in [0.29, 0.717) is 17.1 Å². The Balaban J connectivity index is 2.25. The normalized spacial score (nSPS) is 10.1. The molecule has 0 bridgehead atoms. The van der Waals surface area contributed by atoms with Crippen LogP contribution in [0.2, 0.25) is 5.02 Å². The third-order valence-corrected chi connectivity index (χ3v) is 3.51. The molecule has 0 atom stereocenters. The molecule has 0 aromatic heterocycles. The van der Waals surface area contributed by atoms with Gasteiger partial charge in [0, 0.05) is 29.5 Å². The monoisotopic (exact) mass is 285 g/mol. The number of hydrogen-bond acceptors (Lipinski definition) is 3. The first-order valence-electron chi connectivity index (χ1n) is 6.43. The number of anilines is 2. The van der Waals surface area contributed by atoms with Gasteiger partial charge in [-0.3, -0.25) is 0 Å². The molecular formula is C16H16ClN3. The standard InChI is InChI=1S/C16H16ClN3/c1-2-20(15-5-3-4-14(19)9-15)11-13-7-6-12(10-18)8-16(13)17/h3-9H,2,11,19H2,1H3. The van der Waals surface area contributed by atoms with E-state index in [2.05, 4.69) is 17.9 Å². The smallest absolute Gasteiger partial charge is 0.0992 e. The molecule has 2 N–H and O–H groups in total. The summed E-state index contributed by atoms with van der Waals surface area (Å²) < 4.78 is 0. The fourth-order valence-electron chi connectivity index (χ4n) is 2.06. The third kappa shape index (κ3) is 3.23. The lowest BCUT2D eigenvalue weighted by molar-refractivity contribution is 0.832. The summed E-state index contributed by atoms with van der Waals surface area (Å²) in [6, 6.07) is 15.2. The highest BCUT2D eigenvalue weighted by atomic mass is 35.5. The summed E-state index contributed by atoms with van der Waals surface area (Å²) in [6.45, 7) is 3.62. The van der Waals surface area contributed by atoms with E-state index < -0.39 is 0 Å². The van der Waals surface area contributed by atoms with Crippen molar-refractivity contribution in [2.24, 2.45) is 0 Å². The van der Waals surface area contributed by atoms with Crippen molar-refractivity contribution >= 4 is 23.0 Å². The molecule has 102 valence electrons. The van der Waals surface area contributed by atoms with Crippen LogP contribution in [0.4, 0.5) is 11.4 Å². The molecule has 0 spiro atoms. The van der Waals surface area contributed by atoms with Crippen LogP contribution in [0.15, 0.2) is 42.5 Å². The number of hydrogen-bond donors (Lipinski definition) is 1. The summed E-state index contributed by atoms with van der Waals surface area (Å²) in [5.74, 6) is 0. The number of nitriles is 1. The first-order valence-corrected chi connectivity index (χ1v) is 6.81. The summed E-state index contributed by atoms with van der Waals surface area (Å²) in [5.41, 5.74) is 9.20. The van der Waals surface area contributed by atoms with Crippen LogP contribution >= 0.6 is 11.6 Å². The van der Waals surface area contributed by atoms with Gasteiger partial charge in [-0.25, -0.2) is 0 Å². The molecule has 0 aliphatic carbocycles. The molecule has 0 aliphatic heterocycles. The van der Waals surface area contributed by atoms with Crippen molar-refractivity contribution in [3.63, 3.8) is 0 Å². The number of rotatable bonds is 4. The average molecular weight is 286 g/mol. The van der Waals surface area contributed by atoms with Crippen LogP contribution in [-0.2, 0) is 6.54 Å². The molecule has 2 aromatic rings. The minimum Gasteiger partial charge on any atom is -0.399 e. The van der Waals surface area contributed by atoms with E-state index in [1.165, 1.54) is 0 Å². The van der Waals surface area contributed by atoms with Crippen molar-refractivity contribution < 1.29 is 0 Å². The molecule has 2 rings (SSSR count). The van der Waals surface area contributed by atoms with Crippen molar-refractivity contribution in [2.75, 3.05) is 17.2 Å². The van der Waals surface area contributed by atoms with Crippen LogP contribution in [0.3, 0.4) is 0 Å². The van der Waals surface area contributed by atoms with Gasteiger partial charge in [-0.15, -0.1) is 0 Å². The van der Waals surface area contributed by atoms with Crippen molar-refractivity contribution in [3.05, 3.63) is 58.6 Å². The van der Waals surface area contributed by atoms with Gasteiger partial charge in [-0.1, -0.05) is 23.7 Å². The second kappa shape index (κ2) is 6.31. The van der Waals surface area contributed by atoms with E-state index in [0.717, 1.165) is 23.5 Å². The predicted molar refractivity (Wildman–Crippen MR) is 83.7 cm³/mol. The second-order valence-corrected chi connectivity index (χ2v) is 4.93. The van der Waals surface area contributed by atoms with E-state index in [9.17, 15) is 0 Å². The van der Waals surface area contributed by atoms with Crippen molar-refractivity contribution in [2.45, 2.75) is 13.5 Å². The zero-order valence-electron chi connectivity index (χ0n) is 11.3. The number of nitrogens with two attached hydrogens (primary N) is 1. The minimum atomic E-state index is 0.575. The van der Waals surface area contributed by atoms with E-state index in [1.807, 2.05) is 30.3 Å². The Morgan fingerprint density at radius 2 is 2.05 bits per heavy atom. The quantitative estimate of drug-likeness (QED) is 0.869. The summed E-state index contributed by atoms with van der Waals surface area (Å²) in [7, 11) is 0. The molecule has 0 unspecified atom stereocenters. The molecule has 0 heterocycles. The lowest BCUT2D eigenvalue weighted by Gasteiger charge is -2.24. The maximum atomic E-state index is 8.86. The van der Waals surface area contributed by atoms with Crippen LogP contribution in [0, 0.1) is 11.3 Å². The summed E-state index contributed by atoms with van der Waals surface area (Å²) >= 11 is 6.23. The molecular weight excluding hydrogens is 270 g/mol. The Kier molecular flexibility index (Phi) is 4.49. The average Bonchev–Trinajstić information content (AvgIpc) is 2.46. The maximum absolute atomic E-state index is 8.86. The molecule has 0 amide bonds. The Bertz CT molecular complexity index is 646. The van der Waals surface area contributed by atoms with Crippen LogP contribution < -0.4 is 10.6 Å². The van der Waals surface area contributed by atoms with Crippen molar-refractivity contribution in [1.29, 1.82) is 5.26 Å². The van der Waals surface area contributed by atoms with Gasteiger partial charge in [0.2, 0.25) is 0 Å². The molecule has 2 aromatic carbocycles. The van der Waals surface area contributed by atoms with Gasteiger partial charge in [-0.2, -0.15) is 5.26 Å². The van der Waals surface area contributed by atoms with E-state index in [1.54, 1.807) is 12.1 Å². The SMILES string of the molecule is CCN(Cc1ccc(C#N)cc1Cl)c1cccc(N)c1. The van der Waals surface area contributed by atoms with Crippen LogP contribution in [0.1, 0.15) is 18.1 Å². The number of nitrogen functional groups attached to an aromatic ring is 1. The van der Waals surface area contributed by atoms with Gasteiger partial charge in [0.25, 0.3) is 0 Å². The Morgan fingerprint density at radius 1 is 1.25 bits per heavy atom. The first-order chi connectivity index (χ1) is 9.63. The lowest BCUT2D eigenvalue weighted by Crippen LogP contribution is -2.22. The summed E-state index contributed by atoms with van der Waals surface area (Å²) in [4.78, 5) is 2.18. The molecule has 0 saturated heterocycles. The highest BCUT2D eigenvalue weighted by Crippen LogP contribution is 2.24. The molecule has 0 radical (unpaired) electrons. The Morgan fingerprint density at radius 3 is 2.65 bits per heavy atom. The van der Waals surface area contributed by atoms with Crippen LogP contribution in [0.5, 0.6) is 0 Å². The Labute approximate surface area is 124 Å². The van der Waals surface area contributed by atoms with Crippen molar-refractivity contribution in [1.82, 2.24) is 0 Å². The van der Waals surface area contributed by atoms with E-state index >= 15 is 0 Å². The third-order valence-electron chi connectivity index (χ3n) is 3.16. The number of nitrogens with zero attached hydrogens (tertiary/aromatic N) is 2. The fraction of sp³-hybridized carbons (Fsp3) is 0.188. The van der Waals surface area contributed by atoms with Gasteiger partial charge in [0.1, 0.15) is 0 Å². The highest BCUT2D eigenvalue weighted by Gasteiger charge is 2.09. The summed E-state index contributed by atoms with van der Waals surface area (Å²) in [5, 5.41) is 9.47. The van der Waals surface area contributed by atoms with Gasteiger partial charge in [0.05, 0.1) is 11.6 Å². The summed E-state index contributed by atoms with van der Waals surface area (Å²) in [6.07, 6.45) is 0. The highest BCUT2D eigenvalue weighted by molar-refractivity contribution is 6.31. The van der Waals surface area contributed by atoms with Gasteiger partial charge in [0.15, 0.2) is 0 Å². The zero-order chi connectivity index (χ0) is 14.5. The fourth-order valence-corrected chi connectivity index (χ4v) is 2.30. The van der Waals surface area contributed by atoms with Crippen LogP contribution in [0.25, 0.3) is 0 Å². The van der Waals surface area contributed by atoms with Gasteiger partial charge < -0.3 is 10.6 Å². The second-order valence-electron chi connectivity index (χ2n) is 4.53. The van der Waals surface area contributed by atoms with Crippen LogP contribution in [-0.4, -0.2) is 6.54 Å². The Hall–Kier alpha value is -2.18. The topological polar surface area (TPSA) is 53.0 Å². The lowest BCUT2D eigenvalue weighted by atomic mass is 10.1. The number of benzene rings is 2. The molecule has 0 fully saturated rings. The first kappa shape index (κ1) is 14.2. The maximum Gasteiger partial charge on any atom is 0.0992 e. The van der Waals surface area contributed by atoms with E-state index in [-0.39, 0.29) is 0 Å². The minimum absolute atomic E-state index is 0.575.